The predicted molar refractivity (Wildman–Crippen MR) is 129 cm³/mol. The van der Waals surface area contributed by atoms with Crippen molar-refractivity contribution >= 4 is 40.9 Å². The number of halogens is 1. The van der Waals surface area contributed by atoms with Gasteiger partial charge in [0, 0.05) is 28.9 Å². The molecule has 1 fully saturated rings. The Kier molecular flexibility index (Phi) is 7.02. The second-order valence-corrected chi connectivity index (χ2v) is 8.85. The van der Waals surface area contributed by atoms with Gasteiger partial charge in [-0.15, -0.1) is 11.8 Å². The number of ether oxygens (including phenoxy) is 1. The van der Waals surface area contributed by atoms with Crippen molar-refractivity contribution in [2.45, 2.75) is 18.8 Å². The second-order valence-electron chi connectivity index (χ2n) is 7.35. The van der Waals surface area contributed by atoms with Crippen molar-refractivity contribution in [2.75, 3.05) is 17.7 Å². The molecule has 0 saturated carbocycles. The number of nitrogens with one attached hydrogen (secondary N) is 1. The summed E-state index contributed by atoms with van der Waals surface area (Å²) in [5, 5.41) is 3.49. The van der Waals surface area contributed by atoms with E-state index < -0.39 is 0 Å². The molecule has 3 aromatic rings. The molecule has 32 heavy (non-hydrogen) atoms. The van der Waals surface area contributed by atoms with Gasteiger partial charge in [-0.3, -0.25) is 9.59 Å². The van der Waals surface area contributed by atoms with Crippen LogP contribution in [-0.2, 0) is 11.3 Å². The van der Waals surface area contributed by atoms with Gasteiger partial charge in [-0.25, -0.2) is 0 Å². The van der Waals surface area contributed by atoms with Gasteiger partial charge in [0.15, 0.2) is 0 Å². The van der Waals surface area contributed by atoms with E-state index in [4.69, 9.17) is 16.3 Å². The Bertz CT molecular complexity index is 1100. The molecular formula is C25H23ClN2O3S. The normalized spacial score (nSPS) is 15.6. The molecule has 0 spiro atoms. The molecule has 0 aliphatic carbocycles. The first-order valence-corrected chi connectivity index (χ1v) is 11.8. The van der Waals surface area contributed by atoms with Crippen LogP contribution in [0.2, 0.25) is 5.02 Å². The van der Waals surface area contributed by atoms with Crippen LogP contribution in [0.1, 0.15) is 33.8 Å². The number of rotatable bonds is 7. The number of carbonyl (C=O) groups is 2. The molecule has 1 aliphatic heterocycles. The summed E-state index contributed by atoms with van der Waals surface area (Å²) >= 11 is 7.56. The first-order valence-electron chi connectivity index (χ1n) is 10.3. The molecule has 1 heterocycles. The standard InChI is InChI=1S/C25H23ClN2O3S/c1-2-31-22-5-3-4-21(14-22)27-24(30)18-8-10-19(11-9-18)25-28(23(29)16-32-25)15-17-6-12-20(26)13-7-17/h3-14,25H,2,15-16H2,1H3,(H,27,30)/t25-/m1/s1. The lowest BCUT2D eigenvalue weighted by molar-refractivity contribution is -0.128. The van der Waals surface area contributed by atoms with E-state index in [2.05, 4.69) is 5.32 Å². The Labute approximate surface area is 196 Å². The molecule has 1 aliphatic rings. The highest BCUT2D eigenvalue weighted by Crippen LogP contribution is 2.39. The van der Waals surface area contributed by atoms with Crippen molar-refractivity contribution < 1.29 is 14.3 Å². The van der Waals surface area contributed by atoms with E-state index in [0.29, 0.717) is 40.9 Å². The minimum atomic E-state index is -0.196. The Hall–Kier alpha value is -2.96. The highest BCUT2D eigenvalue weighted by atomic mass is 35.5. The van der Waals surface area contributed by atoms with E-state index in [1.165, 1.54) is 0 Å². The smallest absolute Gasteiger partial charge is 0.255 e. The fraction of sp³-hybridized carbons (Fsp3) is 0.200. The van der Waals surface area contributed by atoms with Crippen molar-refractivity contribution in [3.63, 3.8) is 0 Å². The van der Waals surface area contributed by atoms with E-state index in [-0.39, 0.29) is 17.2 Å². The maximum Gasteiger partial charge on any atom is 0.255 e. The van der Waals surface area contributed by atoms with Crippen LogP contribution in [0.5, 0.6) is 5.75 Å². The van der Waals surface area contributed by atoms with Crippen LogP contribution < -0.4 is 10.1 Å². The quantitative estimate of drug-likeness (QED) is 0.480. The van der Waals surface area contributed by atoms with Gasteiger partial charge in [-0.1, -0.05) is 41.9 Å². The van der Waals surface area contributed by atoms with Crippen molar-refractivity contribution in [2.24, 2.45) is 0 Å². The first kappa shape index (κ1) is 22.2. The molecular weight excluding hydrogens is 444 g/mol. The highest BCUT2D eigenvalue weighted by molar-refractivity contribution is 8.00. The number of hydrogen-bond acceptors (Lipinski definition) is 4. The molecule has 1 saturated heterocycles. The van der Waals surface area contributed by atoms with Crippen molar-refractivity contribution in [1.29, 1.82) is 0 Å². The van der Waals surface area contributed by atoms with Gasteiger partial charge < -0.3 is 15.0 Å². The van der Waals surface area contributed by atoms with Crippen LogP contribution in [-0.4, -0.2) is 29.1 Å². The van der Waals surface area contributed by atoms with Gasteiger partial charge in [0.05, 0.1) is 12.4 Å². The summed E-state index contributed by atoms with van der Waals surface area (Å²) in [6.07, 6.45) is 0. The van der Waals surface area contributed by atoms with Crippen LogP contribution >= 0.6 is 23.4 Å². The summed E-state index contributed by atoms with van der Waals surface area (Å²) in [7, 11) is 0. The molecule has 4 rings (SSSR count). The topological polar surface area (TPSA) is 58.6 Å². The van der Waals surface area contributed by atoms with Crippen LogP contribution in [0.3, 0.4) is 0 Å². The SMILES string of the molecule is CCOc1cccc(NC(=O)c2ccc([C@H]3SCC(=O)N3Cc3ccc(Cl)cc3)cc2)c1. The number of thioether (sulfide) groups is 1. The van der Waals surface area contributed by atoms with Gasteiger partial charge in [-0.2, -0.15) is 0 Å². The molecule has 0 bridgehead atoms. The zero-order valence-corrected chi connectivity index (χ0v) is 19.2. The lowest BCUT2D eigenvalue weighted by Crippen LogP contribution is -2.27. The summed E-state index contributed by atoms with van der Waals surface area (Å²) in [6, 6.07) is 22.3. The maximum absolute atomic E-state index is 12.7. The van der Waals surface area contributed by atoms with Gasteiger partial charge in [0.25, 0.3) is 5.91 Å². The summed E-state index contributed by atoms with van der Waals surface area (Å²) in [5.41, 5.74) is 3.25. The number of amides is 2. The average Bonchev–Trinajstić information content (AvgIpc) is 3.16. The summed E-state index contributed by atoms with van der Waals surface area (Å²) in [5.74, 6) is 1.06. The van der Waals surface area contributed by atoms with E-state index in [1.54, 1.807) is 30.0 Å². The maximum atomic E-state index is 12.7. The first-order chi connectivity index (χ1) is 15.5. The number of hydrogen-bond donors (Lipinski definition) is 1. The van der Waals surface area contributed by atoms with Crippen LogP contribution in [0.25, 0.3) is 0 Å². The molecule has 1 atom stereocenters. The fourth-order valence-corrected chi connectivity index (χ4v) is 4.83. The Balaban J connectivity index is 1.45. The zero-order valence-electron chi connectivity index (χ0n) is 17.6. The average molecular weight is 467 g/mol. The van der Waals surface area contributed by atoms with E-state index in [0.717, 1.165) is 11.1 Å². The summed E-state index contributed by atoms with van der Waals surface area (Å²) in [6.45, 7) is 3.00. The largest absolute Gasteiger partial charge is 0.494 e. The minimum Gasteiger partial charge on any atom is -0.494 e. The number of carbonyl (C=O) groups excluding carboxylic acids is 2. The Morgan fingerprint density at radius 3 is 2.59 bits per heavy atom. The van der Waals surface area contributed by atoms with Crippen molar-refractivity contribution in [1.82, 2.24) is 4.90 Å². The van der Waals surface area contributed by atoms with E-state index in [9.17, 15) is 9.59 Å². The fourth-order valence-electron chi connectivity index (χ4n) is 3.52. The summed E-state index contributed by atoms with van der Waals surface area (Å²) < 4.78 is 5.48. The molecule has 0 aromatic heterocycles. The minimum absolute atomic E-state index is 0.0850. The van der Waals surface area contributed by atoms with Gasteiger partial charge >= 0.3 is 0 Å². The molecule has 164 valence electrons. The molecule has 0 unspecified atom stereocenters. The van der Waals surface area contributed by atoms with Gasteiger partial charge in [-0.05, 0) is 54.4 Å². The Morgan fingerprint density at radius 2 is 1.88 bits per heavy atom. The highest BCUT2D eigenvalue weighted by Gasteiger charge is 2.32. The third kappa shape index (κ3) is 5.26. The predicted octanol–water partition coefficient (Wildman–Crippen LogP) is 5.77. The van der Waals surface area contributed by atoms with Crippen LogP contribution in [0.4, 0.5) is 5.69 Å². The zero-order chi connectivity index (χ0) is 22.5. The summed E-state index contributed by atoms with van der Waals surface area (Å²) in [4.78, 5) is 27.0. The van der Waals surface area contributed by atoms with Gasteiger partial charge in [0.2, 0.25) is 5.91 Å². The lowest BCUT2D eigenvalue weighted by atomic mass is 10.1. The molecule has 7 heteroatoms. The Morgan fingerprint density at radius 1 is 1.12 bits per heavy atom. The van der Waals surface area contributed by atoms with Crippen molar-refractivity contribution in [3.8, 4) is 5.75 Å². The van der Waals surface area contributed by atoms with Gasteiger partial charge in [0.1, 0.15) is 11.1 Å². The van der Waals surface area contributed by atoms with Crippen LogP contribution in [0.15, 0.2) is 72.8 Å². The van der Waals surface area contributed by atoms with E-state index in [1.807, 2.05) is 66.4 Å². The third-order valence-electron chi connectivity index (χ3n) is 5.10. The number of anilines is 1. The molecule has 3 aromatic carbocycles. The van der Waals surface area contributed by atoms with E-state index >= 15 is 0 Å². The molecule has 5 nitrogen and oxygen atoms in total. The second kappa shape index (κ2) is 10.1. The molecule has 2 amide bonds. The van der Waals surface area contributed by atoms with Crippen molar-refractivity contribution in [3.05, 3.63) is 94.5 Å². The molecule has 1 N–H and O–H groups in total. The number of nitrogens with zero attached hydrogens (tertiary/aromatic N) is 1. The molecule has 0 radical (unpaired) electrons. The van der Waals surface area contributed by atoms with Crippen LogP contribution in [0, 0.1) is 0 Å². The lowest BCUT2D eigenvalue weighted by Gasteiger charge is -2.24. The monoisotopic (exact) mass is 466 g/mol. The number of benzene rings is 3. The third-order valence-corrected chi connectivity index (χ3v) is 6.60.